The second-order valence-corrected chi connectivity index (χ2v) is 5.95. The molecule has 0 saturated carbocycles. The van der Waals surface area contributed by atoms with Crippen molar-refractivity contribution in [1.29, 1.82) is 0 Å². The zero-order valence-electron chi connectivity index (χ0n) is 11.7. The number of hydrogen-bond acceptors (Lipinski definition) is 4. The van der Waals surface area contributed by atoms with Crippen molar-refractivity contribution in [2.24, 2.45) is 5.92 Å². The highest BCUT2D eigenvalue weighted by Gasteiger charge is 2.10. The summed E-state index contributed by atoms with van der Waals surface area (Å²) in [5.74, 6) is 0.750. The van der Waals surface area contributed by atoms with Crippen molar-refractivity contribution in [2.75, 3.05) is 25.0 Å². The van der Waals surface area contributed by atoms with Gasteiger partial charge in [-0.15, -0.1) is 11.3 Å². The lowest BCUT2D eigenvalue weighted by Gasteiger charge is -2.16. The highest BCUT2D eigenvalue weighted by molar-refractivity contribution is 7.15. The number of nitrogens with zero attached hydrogens (tertiary/aromatic N) is 2. The Kier molecular flexibility index (Phi) is 5.92. The molecule has 1 aromatic heterocycles. The van der Waals surface area contributed by atoms with Gasteiger partial charge in [0.25, 0.3) is 0 Å². The summed E-state index contributed by atoms with van der Waals surface area (Å²) in [5, 5.41) is 4.51. The van der Waals surface area contributed by atoms with Crippen molar-refractivity contribution in [3.63, 3.8) is 0 Å². The van der Waals surface area contributed by atoms with Crippen LogP contribution in [0.4, 0.5) is 5.13 Å². The van der Waals surface area contributed by atoms with Crippen molar-refractivity contribution in [2.45, 2.75) is 40.7 Å². The molecule has 1 rings (SSSR count). The number of rotatable bonds is 7. The number of anilines is 1. The van der Waals surface area contributed by atoms with Crippen molar-refractivity contribution in [3.8, 4) is 0 Å². The van der Waals surface area contributed by atoms with Gasteiger partial charge in [-0.3, -0.25) is 0 Å². The van der Waals surface area contributed by atoms with E-state index in [0.29, 0.717) is 0 Å². The maximum absolute atomic E-state index is 4.65. The molecule has 1 N–H and O–H groups in total. The topological polar surface area (TPSA) is 28.2 Å². The minimum absolute atomic E-state index is 0.750. The van der Waals surface area contributed by atoms with Gasteiger partial charge in [-0.25, -0.2) is 4.98 Å². The maximum Gasteiger partial charge on any atom is 0.185 e. The van der Waals surface area contributed by atoms with Crippen LogP contribution in [0.2, 0.25) is 0 Å². The van der Waals surface area contributed by atoms with Crippen LogP contribution >= 0.6 is 11.3 Å². The molecule has 0 saturated heterocycles. The number of aryl methyl sites for hydroxylation is 1. The highest BCUT2D eigenvalue weighted by Crippen LogP contribution is 2.25. The van der Waals surface area contributed by atoms with E-state index in [4.69, 9.17) is 0 Å². The average molecular weight is 255 g/mol. The fourth-order valence-corrected chi connectivity index (χ4v) is 2.54. The molecule has 0 unspecified atom stereocenters. The van der Waals surface area contributed by atoms with Gasteiger partial charge in [-0.05, 0) is 25.8 Å². The van der Waals surface area contributed by atoms with Gasteiger partial charge in [0.15, 0.2) is 5.13 Å². The second-order valence-electron chi connectivity index (χ2n) is 4.89. The van der Waals surface area contributed by atoms with E-state index >= 15 is 0 Å². The van der Waals surface area contributed by atoms with E-state index in [0.717, 1.165) is 30.7 Å². The molecule has 0 aliphatic carbocycles. The molecule has 0 amide bonds. The largest absolute Gasteiger partial charge is 0.351 e. The Morgan fingerprint density at radius 1 is 1.41 bits per heavy atom. The van der Waals surface area contributed by atoms with E-state index in [2.05, 4.69) is 49.9 Å². The fourth-order valence-electron chi connectivity index (χ4n) is 1.53. The maximum atomic E-state index is 4.65. The molecule has 0 aromatic carbocycles. The van der Waals surface area contributed by atoms with Gasteiger partial charge in [0.1, 0.15) is 0 Å². The molecule has 3 nitrogen and oxygen atoms in total. The Morgan fingerprint density at radius 3 is 2.71 bits per heavy atom. The zero-order valence-corrected chi connectivity index (χ0v) is 12.5. The Hall–Kier alpha value is -0.610. The molecule has 17 heavy (non-hydrogen) atoms. The van der Waals surface area contributed by atoms with Crippen molar-refractivity contribution in [3.05, 3.63) is 10.6 Å². The van der Waals surface area contributed by atoms with E-state index in [1.165, 1.54) is 17.0 Å². The summed E-state index contributed by atoms with van der Waals surface area (Å²) in [5.41, 5.74) is 1.17. The van der Waals surface area contributed by atoms with Gasteiger partial charge >= 0.3 is 0 Å². The molecule has 0 bridgehead atoms. The summed E-state index contributed by atoms with van der Waals surface area (Å²) in [6.07, 6.45) is 1.22. The fraction of sp³-hybridized carbons (Fsp3) is 0.769. The van der Waals surface area contributed by atoms with E-state index in [9.17, 15) is 0 Å². The Bertz CT molecular complexity index is 333. The lowest BCUT2D eigenvalue weighted by molar-refractivity contribution is 0.585. The van der Waals surface area contributed by atoms with Crippen molar-refractivity contribution < 1.29 is 0 Å². The first-order valence-corrected chi connectivity index (χ1v) is 7.24. The lowest BCUT2D eigenvalue weighted by Crippen LogP contribution is -2.19. The summed E-state index contributed by atoms with van der Waals surface area (Å²) in [4.78, 5) is 8.28. The van der Waals surface area contributed by atoms with Crippen LogP contribution in [0.15, 0.2) is 0 Å². The van der Waals surface area contributed by atoms with Crippen LogP contribution in [0.1, 0.15) is 37.8 Å². The van der Waals surface area contributed by atoms with Crippen molar-refractivity contribution in [1.82, 2.24) is 10.3 Å². The summed E-state index contributed by atoms with van der Waals surface area (Å²) in [7, 11) is 2.14. The average Bonchev–Trinajstić information content (AvgIpc) is 2.65. The molecule has 0 fully saturated rings. The van der Waals surface area contributed by atoms with Crippen molar-refractivity contribution >= 4 is 16.5 Å². The van der Waals surface area contributed by atoms with E-state index in [1.807, 2.05) is 11.3 Å². The molecule has 1 aromatic rings. The van der Waals surface area contributed by atoms with Gasteiger partial charge in [-0.1, -0.05) is 20.8 Å². The number of hydrogen-bond donors (Lipinski definition) is 1. The molecule has 4 heteroatoms. The molecule has 0 aliphatic rings. The minimum Gasteiger partial charge on any atom is -0.351 e. The van der Waals surface area contributed by atoms with E-state index < -0.39 is 0 Å². The van der Waals surface area contributed by atoms with E-state index in [1.54, 1.807) is 0 Å². The first-order valence-electron chi connectivity index (χ1n) is 6.42. The minimum atomic E-state index is 0.750. The lowest BCUT2D eigenvalue weighted by atomic mass is 10.1. The normalized spacial score (nSPS) is 11.2. The first-order chi connectivity index (χ1) is 8.04. The number of thiazole rings is 1. The third-order valence-corrected chi connectivity index (χ3v) is 4.06. The SMILES string of the molecule is CCNCc1sc(N(C)CCC(C)C)nc1C. The van der Waals surface area contributed by atoms with Gasteiger partial charge in [0.05, 0.1) is 5.69 Å². The molecular formula is C13H25N3S. The third-order valence-electron chi connectivity index (χ3n) is 2.79. The van der Waals surface area contributed by atoms with Crippen LogP contribution in [0.3, 0.4) is 0 Å². The summed E-state index contributed by atoms with van der Waals surface area (Å²) in [6.45, 7) is 11.8. The number of aromatic nitrogens is 1. The predicted octanol–water partition coefficient (Wildman–Crippen LogP) is 3.04. The van der Waals surface area contributed by atoms with Crippen LogP contribution in [0.5, 0.6) is 0 Å². The monoisotopic (exact) mass is 255 g/mol. The Labute approximate surface area is 109 Å². The molecule has 0 radical (unpaired) electrons. The molecule has 0 aliphatic heterocycles. The van der Waals surface area contributed by atoms with Gasteiger partial charge in [-0.2, -0.15) is 0 Å². The molecule has 98 valence electrons. The van der Waals surface area contributed by atoms with Crippen LogP contribution in [0, 0.1) is 12.8 Å². The smallest absolute Gasteiger partial charge is 0.185 e. The van der Waals surface area contributed by atoms with Crippen LogP contribution < -0.4 is 10.2 Å². The Morgan fingerprint density at radius 2 is 2.12 bits per heavy atom. The van der Waals surface area contributed by atoms with Gasteiger partial charge < -0.3 is 10.2 Å². The van der Waals surface area contributed by atoms with Crippen LogP contribution in [0.25, 0.3) is 0 Å². The summed E-state index contributed by atoms with van der Waals surface area (Å²) in [6, 6.07) is 0. The highest BCUT2D eigenvalue weighted by atomic mass is 32.1. The number of nitrogens with one attached hydrogen (secondary N) is 1. The van der Waals surface area contributed by atoms with E-state index in [-0.39, 0.29) is 0 Å². The molecular weight excluding hydrogens is 230 g/mol. The van der Waals surface area contributed by atoms with Crippen LogP contribution in [-0.4, -0.2) is 25.1 Å². The zero-order chi connectivity index (χ0) is 12.8. The second kappa shape index (κ2) is 6.97. The molecule has 1 heterocycles. The predicted molar refractivity (Wildman–Crippen MR) is 77.0 cm³/mol. The molecule has 0 atom stereocenters. The van der Waals surface area contributed by atoms with Gasteiger partial charge in [0.2, 0.25) is 0 Å². The third kappa shape index (κ3) is 4.64. The quantitative estimate of drug-likeness (QED) is 0.811. The molecule has 0 spiro atoms. The van der Waals surface area contributed by atoms with Crippen LogP contribution in [-0.2, 0) is 6.54 Å². The Balaban J connectivity index is 2.58. The van der Waals surface area contributed by atoms with Gasteiger partial charge in [0, 0.05) is 25.0 Å². The standard InChI is InChI=1S/C13H25N3S/c1-6-14-9-12-11(4)15-13(17-12)16(5)8-7-10(2)3/h10,14H,6-9H2,1-5H3. The summed E-state index contributed by atoms with van der Waals surface area (Å²) >= 11 is 1.81. The first kappa shape index (κ1) is 14.5. The summed E-state index contributed by atoms with van der Waals surface area (Å²) < 4.78 is 0.